The van der Waals surface area contributed by atoms with Crippen molar-refractivity contribution < 1.29 is 9.53 Å². The molecule has 1 N–H and O–H groups in total. The summed E-state index contributed by atoms with van der Waals surface area (Å²) in [5.41, 5.74) is 3.05. The molecule has 6 heteroatoms. The highest BCUT2D eigenvalue weighted by molar-refractivity contribution is 5.94. The molecule has 1 aromatic rings. The molecule has 0 bridgehead atoms. The fourth-order valence-electron chi connectivity index (χ4n) is 4.36. The third-order valence-electron chi connectivity index (χ3n) is 5.78. The van der Waals surface area contributed by atoms with Gasteiger partial charge in [0.25, 0.3) is 5.91 Å². The van der Waals surface area contributed by atoms with Gasteiger partial charge in [0.2, 0.25) is 0 Å². The SMILES string of the molecule is O=C(c1n[nH]c2c1CCCC2)N1CCCN(C2CCOCC2)CC1. The zero-order valence-corrected chi connectivity index (χ0v) is 14.4. The first-order chi connectivity index (χ1) is 11.8. The molecule has 3 heterocycles. The molecule has 0 spiro atoms. The minimum atomic E-state index is 0.128. The van der Waals surface area contributed by atoms with Crippen molar-refractivity contribution >= 4 is 5.91 Å². The molecule has 1 amide bonds. The number of aromatic amines is 1. The first kappa shape index (κ1) is 16.1. The smallest absolute Gasteiger partial charge is 0.274 e. The second-order valence-corrected chi connectivity index (χ2v) is 7.26. The number of carbonyl (C=O) groups is 1. The van der Waals surface area contributed by atoms with Gasteiger partial charge in [-0.1, -0.05) is 0 Å². The molecule has 1 aliphatic carbocycles. The van der Waals surface area contributed by atoms with E-state index in [0.29, 0.717) is 11.7 Å². The van der Waals surface area contributed by atoms with Crippen LogP contribution in [0.2, 0.25) is 0 Å². The highest BCUT2D eigenvalue weighted by Crippen LogP contribution is 2.24. The van der Waals surface area contributed by atoms with Crippen molar-refractivity contribution in [3.63, 3.8) is 0 Å². The molecule has 1 aromatic heterocycles. The van der Waals surface area contributed by atoms with Crippen LogP contribution in [-0.4, -0.2) is 71.3 Å². The third-order valence-corrected chi connectivity index (χ3v) is 5.78. The predicted molar refractivity (Wildman–Crippen MR) is 91.2 cm³/mol. The average Bonchev–Trinajstić information content (AvgIpc) is 2.91. The van der Waals surface area contributed by atoms with Crippen LogP contribution in [0.5, 0.6) is 0 Å². The number of nitrogens with one attached hydrogen (secondary N) is 1. The first-order valence-electron chi connectivity index (χ1n) is 9.50. The van der Waals surface area contributed by atoms with Gasteiger partial charge in [-0.15, -0.1) is 0 Å². The number of carbonyl (C=O) groups excluding carboxylic acids is 1. The van der Waals surface area contributed by atoms with E-state index in [1.807, 2.05) is 4.90 Å². The van der Waals surface area contributed by atoms with Crippen LogP contribution in [0, 0.1) is 0 Å². The number of fused-ring (bicyclic) bond motifs is 1. The molecule has 2 aliphatic heterocycles. The maximum Gasteiger partial charge on any atom is 0.274 e. The van der Waals surface area contributed by atoms with Gasteiger partial charge in [-0.2, -0.15) is 5.10 Å². The molecule has 2 fully saturated rings. The van der Waals surface area contributed by atoms with E-state index in [-0.39, 0.29) is 5.91 Å². The van der Waals surface area contributed by atoms with Crippen molar-refractivity contribution in [2.45, 2.75) is 51.0 Å². The molecule has 0 unspecified atom stereocenters. The van der Waals surface area contributed by atoms with E-state index in [1.54, 1.807) is 0 Å². The number of aromatic nitrogens is 2. The number of hydrogen-bond acceptors (Lipinski definition) is 4. The molecule has 24 heavy (non-hydrogen) atoms. The van der Waals surface area contributed by atoms with E-state index >= 15 is 0 Å². The fourth-order valence-corrected chi connectivity index (χ4v) is 4.36. The lowest BCUT2D eigenvalue weighted by atomic mass is 9.95. The number of aryl methyl sites for hydroxylation is 1. The summed E-state index contributed by atoms with van der Waals surface area (Å²) in [7, 11) is 0. The number of rotatable bonds is 2. The quantitative estimate of drug-likeness (QED) is 0.894. The molecule has 2 saturated heterocycles. The van der Waals surface area contributed by atoms with Crippen LogP contribution in [0.3, 0.4) is 0 Å². The standard InChI is InChI=1S/C18H28N4O2/c23-18(17-15-4-1-2-5-16(15)19-20-17)22-9-3-8-21(10-11-22)14-6-12-24-13-7-14/h14H,1-13H2,(H,19,20). The molecule has 3 aliphatic rings. The highest BCUT2D eigenvalue weighted by atomic mass is 16.5. The summed E-state index contributed by atoms with van der Waals surface area (Å²) in [6.07, 6.45) is 7.70. The number of ether oxygens (including phenoxy) is 1. The lowest BCUT2D eigenvalue weighted by Crippen LogP contribution is -2.42. The lowest BCUT2D eigenvalue weighted by molar-refractivity contribution is 0.0351. The van der Waals surface area contributed by atoms with Crippen LogP contribution in [0.15, 0.2) is 0 Å². The van der Waals surface area contributed by atoms with E-state index in [0.717, 1.165) is 71.5 Å². The summed E-state index contributed by atoms with van der Waals surface area (Å²) >= 11 is 0. The Labute approximate surface area is 143 Å². The Morgan fingerprint density at radius 1 is 1.04 bits per heavy atom. The number of H-pyrrole nitrogens is 1. The molecule has 6 nitrogen and oxygen atoms in total. The molecule has 0 aromatic carbocycles. The fraction of sp³-hybridized carbons (Fsp3) is 0.778. The minimum Gasteiger partial charge on any atom is -0.381 e. The van der Waals surface area contributed by atoms with Gasteiger partial charge in [0.15, 0.2) is 5.69 Å². The molecular formula is C18H28N4O2. The predicted octanol–water partition coefficient (Wildman–Crippen LogP) is 1.62. The largest absolute Gasteiger partial charge is 0.381 e. The average molecular weight is 332 g/mol. The van der Waals surface area contributed by atoms with Gasteiger partial charge in [0, 0.05) is 56.7 Å². The van der Waals surface area contributed by atoms with E-state index in [1.165, 1.54) is 24.1 Å². The van der Waals surface area contributed by atoms with Crippen molar-refractivity contribution in [1.29, 1.82) is 0 Å². The molecule has 0 saturated carbocycles. The number of hydrogen-bond donors (Lipinski definition) is 1. The van der Waals surface area contributed by atoms with Crippen LogP contribution >= 0.6 is 0 Å². The Morgan fingerprint density at radius 3 is 2.75 bits per heavy atom. The van der Waals surface area contributed by atoms with Gasteiger partial charge < -0.3 is 9.64 Å². The summed E-state index contributed by atoms with van der Waals surface area (Å²) in [5, 5.41) is 7.47. The van der Waals surface area contributed by atoms with Gasteiger partial charge in [-0.05, 0) is 44.9 Å². The normalized spacial score (nSPS) is 23.8. The van der Waals surface area contributed by atoms with Crippen molar-refractivity contribution in [3.8, 4) is 0 Å². The Morgan fingerprint density at radius 2 is 1.88 bits per heavy atom. The maximum absolute atomic E-state index is 13.0. The lowest BCUT2D eigenvalue weighted by Gasteiger charge is -2.33. The first-order valence-corrected chi connectivity index (χ1v) is 9.50. The van der Waals surface area contributed by atoms with Crippen LogP contribution in [0.1, 0.15) is 53.8 Å². The van der Waals surface area contributed by atoms with E-state index in [2.05, 4.69) is 15.1 Å². The van der Waals surface area contributed by atoms with Crippen molar-refractivity contribution in [3.05, 3.63) is 17.0 Å². The minimum absolute atomic E-state index is 0.128. The molecule has 0 atom stereocenters. The Kier molecular flexibility index (Phi) is 4.85. The molecule has 132 valence electrons. The van der Waals surface area contributed by atoms with Gasteiger partial charge in [0.1, 0.15) is 0 Å². The van der Waals surface area contributed by atoms with E-state index < -0.39 is 0 Å². The molecule has 0 radical (unpaired) electrons. The number of nitrogens with zero attached hydrogens (tertiary/aromatic N) is 3. The van der Waals surface area contributed by atoms with Crippen molar-refractivity contribution in [2.24, 2.45) is 0 Å². The summed E-state index contributed by atoms with van der Waals surface area (Å²) < 4.78 is 5.48. The van der Waals surface area contributed by atoms with E-state index in [9.17, 15) is 4.79 Å². The second-order valence-electron chi connectivity index (χ2n) is 7.26. The van der Waals surface area contributed by atoms with Crippen LogP contribution in [-0.2, 0) is 17.6 Å². The van der Waals surface area contributed by atoms with Crippen molar-refractivity contribution in [1.82, 2.24) is 20.0 Å². The zero-order chi connectivity index (χ0) is 16.4. The summed E-state index contributed by atoms with van der Waals surface area (Å²) in [6, 6.07) is 0.631. The Bertz CT molecular complexity index is 580. The summed E-state index contributed by atoms with van der Waals surface area (Å²) in [6.45, 7) is 5.49. The van der Waals surface area contributed by atoms with Gasteiger partial charge >= 0.3 is 0 Å². The van der Waals surface area contributed by atoms with E-state index in [4.69, 9.17) is 4.74 Å². The number of amides is 1. The van der Waals surface area contributed by atoms with Crippen LogP contribution in [0.4, 0.5) is 0 Å². The Hall–Kier alpha value is -1.40. The molecular weight excluding hydrogens is 304 g/mol. The third kappa shape index (κ3) is 3.22. The van der Waals surface area contributed by atoms with Gasteiger partial charge in [0.05, 0.1) is 0 Å². The second kappa shape index (κ2) is 7.23. The monoisotopic (exact) mass is 332 g/mol. The maximum atomic E-state index is 13.0. The molecule has 4 rings (SSSR count). The zero-order valence-electron chi connectivity index (χ0n) is 14.4. The Balaban J connectivity index is 1.41. The van der Waals surface area contributed by atoms with Crippen LogP contribution < -0.4 is 0 Å². The summed E-state index contributed by atoms with van der Waals surface area (Å²) in [5.74, 6) is 0.128. The van der Waals surface area contributed by atoms with Gasteiger partial charge in [-0.3, -0.25) is 14.8 Å². The van der Waals surface area contributed by atoms with Crippen LogP contribution in [0.25, 0.3) is 0 Å². The highest BCUT2D eigenvalue weighted by Gasteiger charge is 2.29. The van der Waals surface area contributed by atoms with Crippen molar-refractivity contribution in [2.75, 3.05) is 39.4 Å². The van der Waals surface area contributed by atoms with Gasteiger partial charge in [-0.25, -0.2) is 0 Å². The topological polar surface area (TPSA) is 61.5 Å². The summed E-state index contributed by atoms with van der Waals surface area (Å²) in [4.78, 5) is 17.6.